The number of nitrogens with zero attached hydrogens (tertiary/aromatic N) is 6. The van der Waals surface area contributed by atoms with Gasteiger partial charge in [0.25, 0.3) is 12.7 Å². The van der Waals surface area contributed by atoms with Crippen LogP contribution in [-0.2, 0) is 29.6 Å². The van der Waals surface area contributed by atoms with Crippen LogP contribution in [0.15, 0.2) is 98.1 Å². The summed E-state index contributed by atoms with van der Waals surface area (Å²) in [6, 6.07) is 23.4. The monoisotopic (exact) mass is 1090 g/mol. The highest BCUT2D eigenvalue weighted by Crippen LogP contribution is 2.21. The molecule has 2 N–H and O–H groups in total. The van der Waals surface area contributed by atoms with Gasteiger partial charge in [-0.15, -0.1) is 9.13 Å². The molecule has 4 heterocycles. The minimum Gasteiger partial charge on any atom is -0.443 e. The van der Waals surface area contributed by atoms with Crippen molar-refractivity contribution in [1.82, 2.24) is 28.2 Å². The van der Waals surface area contributed by atoms with E-state index in [1.807, 2.05) is 170 Å². The molecular weight excluding hydrogens is 1020 g/mol. The quantitative estimate of drug-likeness (QED) is 0.119. The van der Waals surface area contributed by atoms with E-state index in [4.69, 9.17) is 18.9 Å². The predicted molar refractivity (Wildman–Crippen MR) is 278 cm³/mol. The number of halogens is 2. The number of hydrogen-bond donors (Lipinski definition) is 0. The molecule has 0 aliphatic heterocycles. The summed E-state index contributed by atoms with van der Waals surface area (Å²) in [5, 5.41) is 1.52. The second kappa shape index (κ2) is 22.1. The molecule has 8 rings (SSSR count). The zero-order chi connectivity index (χ0) is 51.9. The first-order valence-corrected chi connectivity index (χ1v) is 24.7. The van der Waals surface area contributed by atoms with Crippen molar-refractivity contribution in [2.45, 2.75) is 130 Å². The summed E-state index contributed by atoms with van der Waals surface area (Å²) in [4.78, 5) is 62.4. The first-order valence-electron chi connectivity index (χ1n) is 22.5. The lowest BCUT2D eigenvalue weighted by Gasteiger charge is -2.19. The maximum Gasteiger partial charge on any atom is 0.512 e. The molecule has 0 atom stereocenters. The van der Waals surface area contributed by atoms with Crippen LogP contribution in [0.25, 0.3) is 44.1 Å². The van der Waals surface area contributed by atoms with Crippen molar-refractivity contribution in [3.8, 4) is 0 Å². The van der Waals surface area contributed by atoms with E-state index in [1.165, 1.54) is 30.9 Å². The van der Waals surface area contributed by atoms with Crippen LogP contribution >= 0.6 is 31.9 Å². The molecule has 4 aromatic carbocycles. The Bertz CT molecular complexity index is 3140. The fourth-order valence-electron chi connectivity index (χ4n) is 6.45. The third kappa shape index (κ3) is 15.3. The molecule has 18 heteroatoms. The number of fused-ring (bicyclic) bond motifs is 4. The maximum atomic E-state index is 12.0. The Labute approximate surface area is 424 Å². The lowest BCUT2D eigenvalue weighted by atomic mass is 10.2. The first-order chi connectivity index (χ1) is 32.5. The number of carbonyl (C=O) groups is 4. The number of carbonyl (C=O) groups excluding carboxylic acids is 4. The molecule has 0 unspecified atom stereocenters. The van der Waals surface area contributed by atoms with Crippen LogP contribution in [0.5, 0.6) is 0 Å². The lowest BCUT2D eigenvalue weighted by Crippen LogP contribution is -2.27. The number of aromatic nitrogens is 8. The first kappa shape index (κ1) is 54.5. The zero-order valence-corrected chi connectivity index (χ0v) is 45.5. The van der Waals surface area contributed by atoms with Gasteiger partial charge in [0, 0.05) is 10.7 Å². The number of alkyl halides is 2. The van der Waals surface area contributed by atoms with Crippen molar-refractivity contribution < 1.29 is 48.1 Å². The molecule has 0 spiro atoms. The molecule has 0 aliphatic rings. The number of nitrogens with one attached hydrogen (secondary N) is 2. The van der Waals surface area contributed by atoms with Crippen molar-refractivity contribution >= 4 is 100 Å². The summed E-state index contributed by atoms with van der Waals surface area (Å²) in [7, 11) is 0. The number of hydrogen-bond acceptors (Lipinski definition) is 10. The van der Waals surface area contributed by atoms with Crippen LogP contribution in [0.2, 0.25) is 0 Å². The van der Waals surface area contributed by atoms with Crippen molar-refractivity contribution in [2.75, 3.05) is 0 Å². The highest BCUT2D eigenvalue weighted by Gasteiger charge is 2.26. The molecule has 16 nitrogen and oxygen atoms in total. The van der Waals surface area contributed by atoms with E-state index in [1.54, 1.807) is 12.7 Å². The van der Waals surface area contributed by atoms with E-state index in [2.05, 4.69) is 51.8 Å². The van der Waals surface area contributed by atoms with E-state index in [0.29, 0.717) is 0 Å². The summed E-state index contributed by atoms with van der Waals surface area (Å²) in [5.41, 5.74) is 9.05. The number of benzene rings is 4. The Kier molecular flexibility index (Phi) is 17.2. The normalized spacial score (nSPS) is 11.8. The molecule has 0 fully saturated rings. The van der Waals surface area contributed by atoms with Gasteiger partial charge in [-0.25, -0.2) is 38.7 Å². The van der Waals surface area contributed by atoms with Gasteiger partial charge < -0.3 is 18.9 Å². The molecule has 0 aliphatic carbocycles. The minimum atomic E-state index is -0.510. The molecule has 4 aromatic heterocycles. The van der Waals surface area contributed by atoms with Gasteiger partial charge in [0.05, 0.1) is 22.1 Å². The highest BCUT2D eigenvalue weighted by molar-refractivity contribution is 9.08. The number of aryl methyl sites for hydroxylation is 2. The fraction of sp³-hybridized carbons (Fsp3) is 0.385. The molecule has 0 saturated heterocycles. The van der Waals surface area contributed by atoms with E-state index in [9.17, 15) is 19.2 Å². The molecule has 70 heavy (non-hydrogen) atoms. The van der Waals surface area contributed by atoms with Gasteiger partial charge in [-0.1, -0.05) is 56.1 Å². The van der Waals surface area contributed by atoms with Gasteiger partial charge in [0.1, 0.15) is 35.1 Å². The van der Waals surface area contributed by atoms with E-state index in [-0.39, 0.29) is 12.2 Å². The maximum absolute atomic E-state index is 12.0. The van der Waals surface area contributed by atoms with Crippen molar-refractivity contribution in [1.29, 1.82) is 0 Å². The van der Waals surface area contributed by atoms with Crippen LogP contribution in [0.4, 0.5) is 19.2 Å². The SMILES string of the molecule is CC(C)(C)OC(=O)n1c[nH+]c2ccc(CBr)cc21.CC(C)(C)OC(=O)n1cnc2cc(CBr)ccc21.Cc1ccc2[nH+]cn(C(=O)OC(C)(C)C)c2c1.Cc1ccc2c(c1)ncn2C(=O)OC(C)(C)C. The molecule has 8 aromatic rings. The van der Waals surface area contributed by atoms with Crippen molar-refractivity contribution in [2.24, 2.45) is 0 Å². The van der Waals surface area contributed by atoms with Gasteiger partial charge in [-0.3, -0.25) is 0 Å². The molecule has 0 radical (unpaired) electrons. The van der Waals surface area contributed by atoms with Gasteiger partial charge in [0.2, 0.25) is 0 Å². The van der Waals surface area contributed by atoms with E-state index >= 15 is 0 Å². The third-order valence-electron chi connectivity index (χ3n) is 9.42. The molecule has 0 bridgehead atoms. The van der Waals surface area contributed by atoms with Gasteiger partial charge in [-0.2, -0.15) is 9.59 Å². The van der Waals surface area contributed by atoms with Gasteiger partial charge >= 0.3 is 24.4 Å². The number of aromatic amines is 2. The van der Waals surface area contributed by atoms with Crippen LogP contribution < -0.4 is 9.97 Å². The highest BCUT2D eigenvalue weighted by atomic mass is 79.9. The Morgan fingerprint density at radius 3 is 1.24 bits per heavy atom. The van der Waals surface area contributed by atoms with Gasteiger partial charge in [-0.05, 0) is 168 Å². The summed E-state index contributed by atoms with van der Waals surface area (Å²) in [6.07, 6.45) is 4.69. The average molecular weight is 1090 g/mol. The van der Waals surface area contributed by atoms with Crippen LogP contribution in [0.3, 0.4) is 0 Å². The number of ether oxygens (including phenoxy) is 4. The van der Waals surface area contributed by atoms with E-state index < -0.39 is 34.6 Å². The average Bonchev–Trinajstić information content (AvgIpc) is 4.06. The number of H-pyrrole nitrogens is 2. The molecule has 372 valence electrons. The number of rotatable bonds is 2. The van der Waals surface area contributed by atoms with Crippen molar-refractivity contribution in [3.05, 3.63) is 120 Å². The Balaban J connectivity index is 0.000000174. The van der Waals surface area contributed by atoms with Crippen LogP contribution in [0, 0.1) is 13.8 Å². The van der Waals surface area contributed by atoms with Crippen molar-refractivity contribution in [3.63, 3.8) is 0 Å². The topological polar surface area (TPSA) is 179 Å². The largest absolute Gasteiger partial charge is 0.512 e. The third-order valence-corrected chi connectivity index (χ3v) is 10.7. The Morgan fingerprint density at radius 1 is 0.457 bits per heavy atom. The second-order valence-corrected chi connectivity index (χ2v) is 21.5. The van der Waals surface area contributed by atoms with E-state index in [0.717, 1.165) is 77.0 Å². The fourth-order valence-corrected chi connectivity index (χ4v) is 7.15. The number of imidazole rings is 4. The Hall–Kier alpha value is -6.40. The molecule has 0 saturated carbocycles. The molecular formula is C52H64Br2N8O8+2. The van der Waals surface area contributed by atoms with Gasteiger partial charge in [0.15, 0.2) is 22.1 Å². The summed E-state index contributed by atoms with van der Waals surface area (Å²) >= 11 is 6.80. The van der Waals surface area contributed by atoms with Crippen LogP contribution in [0.1, 0.15) is 105 Å². The second-order valence-electron chi connectivity index (χ2n) is 20.4. The lowest BCUT2D eigenvalue weighted by molar-refractivity contribution is -0.346. The molecule has 0 amide bonds. The smallest absolute Gasteiger partial charge is 0.443 e. The Morgan fingerprint density at radius 2 is 0.800 bits per heavy atom. The zero-order valence-electron chi connectivity index (χ0n) is 42.4. The summed E-state index contributed by atoms with van der Waals surface area (Å²) in [5.74, 6) is 0. The summed E-state index contributed by atoms with van der Waals surface area (Å²) < 4.78 is 27.2. The summed E-state index contributed by atoms with van der Waals surface area (Å²) in [6.45, 7) is 26.1. The van der Waals surface area contributed by atoms with Crippen LogP contribution in [-0.4, -0.2) is 75.0 Å². The standard InChI is InChI=1S/2C13H15BrN2O2.2C13H16N2O2/c1-13(2,3)18-12(17)16-8-15-10-6-9(7-14)4-5-11(10)16;1-13(2,3)18-12(17)16-8-15-10-5-4-9(7-14)6-11(10)16;1-9-5-6-11-10(7-9)14-8-15(11)12(16)17-13(2,3)4;1-9-5-6-10-11(7-9)15(8-14-10)12(16)17-13(2,3)4/h2*4-6,8H,7H2,1-3H3;2*5-8H,1-4H3/p+2. The minimum absolute atomic E-state index is 0.366. The predicted octanol–water partition coefficient (Wildman–Crippen LogP) is 12.5.